The number of carbonyl (C=O) groups excluding carboxylic acids is 7. The number of aliphatic carboxylic acids is 2. The van der Waals surface area contributed by atoms with E-state index >= 15 is 26.0 Å². The fraction of sp³-hybridized carbons (Fsp3) is 0.387. The summed E-state index contributed by atoms with van der Waals surface area (Å²) in [6.45, 7) is 17.8. The first-order valence-electron chi connectivity index (χ1n) is 48.4. The lowest BCUT2D eigenvalue weighted by molar-refractivity contribution is -0.433. The molecule has 9 N–H and O–H groups in total. The van der Waals surface area contributed by atoms with E-state index in [9.17, 15) is 92.3 Å². The summed E-state index contributed by atoms with van der Waals surface area (Å²) in [5.41, 5.74) is 8.77. The lowest BCUT2D eigenvalue weighted by Crippen LogP contribution is -2.57. The van der Waals surface area contributed by atoms with Crippen LogP contribution in [0.1, 0.15) is 178 Å². The van der Waals surface area contributed by atoms with Crippen LogP contribution in [-0.2, 0) is 102 Å². The Kier molecular flexibility index (Phi) is 33.0. The van der Waals surface area contributed by atoms with Gasteiger partial charge in [-0.3, -0.25) is 56.8 Å². The standard InChI is InChI=1S/C106H115F4N9O24S4/c1-11-116-80-38-31-70(146(136,137)138)57-75(80)105(7,8)88(116)24-14-12-15-25-89-106(9,10)76-58-71(147(139,140)141)32-39-81(76)119(89)46-19-13-16-26-90(123)113-100(61(4)5)104(130)112-77(35-40-91(124)125)103(129)114-99(60(2)3)83(121)53-66(54-92(126)127)84(122)59-142-101-97(109)95(107)94(96(108)98(101)110)82(120)22-20-45-111-102(128)63-41-47-115(48-42-63)144(131,132)87-23-18-17-21-74(87)93-72-33-28-67(117-49-43-64-51-62(6)27-36-78(64)117)55-85(72)143-86-56-68(29-34-73(86)93)118-50-44-65-52-69(145(133,134)135)30-37-79(65)118/h12,14-15,17-18,21,23-25,27-34,36-39,51-52,55-58,60-61,63,66,77,99-100H,11,13,16,19-20,22,26,35,40-50,53-54,59H2,1-10H3,(H7-2,111,112,113,114,123,124,125,126,127,128,129,130,133,134,135,136,137,138,139,140,141)/p+2/t66-,77-,99-,100-/m0/s1. The Morgan fingerprint density at radius 1 is 0.599 bits per heavy atom. The molecule has 780 valence electrons. The van der Waals surface area contributed by atoms with Gasteiger partial charge in [-0.2, -0.15) is 47.5 Å². The molecular formula is C106H117F4N9O24S4+2. The number of hydrogen-bond donors (Lipinski definition) is 9. The fourth-order valence-corrected chi connectivity index (χ4v) is 23.3. The zero-order valence-corrected chi connectivity index (χ0v) is 85.8. The van der Waals surface area contributed by atoms with Crippen LogP contribution in [0.5, 0.6) is 5.75 Å². The Labute approximate surface area is 848 Å². The Bertz CT molecular complexity index is 7470. The monoisotopic (exact) mass is 2100 g/mol. The van der Waals surface area contributed by atoms with Crippen molar-refractivity contribution >= 4 is 138 Å². The molecule has 0 saturated carbocycles. The zero-order chi connectivity index (χ0) is 107. The molecule has 14 rings (SSSR count). The Balaban J connectivity index is 0.562. The summed E-state index contributed by atoms with van der Waals surface area (Å²) >= 11 is 0. The van der Waals surface area contributed by atoms with Gasteiger partial charge in [0.1, 0.15) is 36.6 Å². The summed E-state index contributed by atoms with van der Waals surface area (Å²) in [6, 6.07) is 32.7. The van der Waals surface area contributed by atoms with Gasteiger partial charge in [-0.15, -0.1) is 0 Å². The topological polar surface area (TPSA) is 478 Å². The number of piperidine rings is 1. The molecule has 7 aromatic carbocycles. The molecule has 0 aromatic heterocycles. The lowest BCUT2D eigenvalue weighted by Gasteiger charge is -2.31. The van der Waals surface area contributed by atoms with Gasteiger partial charge in [-0.1, -0.05) is 102 Å². The van der Waals surface area contributed by atoms with E-state index in [1.807, 2.05) is 122 Å². The minimum Gasteiger partial charge on any atom is -0.481 e. The molecule has 0 spiro atoms. The second kappa shape index (κ2) is 44.4. The second-order valence-electron chi connectivity index (χ2n) is 39.2. The smallest absolute Gasteiger partial charge is 0.304 e. The van der Waals surface area contributed by atoms with E-state index in [0.29, 0.717) is 113 Å². The maximum Gasteiger partial charge on any atom is 0.304 e. The molecule has 147 heavy (non-hydrogen) atoms. The molecule has 7 aromatic rings. The number of carboxylic acid groups (broad SMARTS) is 2. The van der Waals surface area contributed by atoms with Crippen molar-refractivity contribution in [2.45, 2.75) is 208 Å². The number of carbonyl (C=O) groups is 9. The number of fused-ring (bicyclic) bond motifs is 6. The van der Waals surface area contributed by atoms with Crippen molar-refractivity contribution in [3.63, 3.8) is 0 Å². The van der Waals surface area contributed by atoms with Crippen LogP contribution >= 0.6 is 0 Å². The summed E-state index contributed by atoms with van der Waals surface area (Å²) in [7, 11) is -17.9. The Morgan fingerprint density at radius 3 is 1.91 bits per heavy atom. The molecule has 6 aliphatic heterocycles. The molecule has 6 heterocycles. The van der Waals surface area contributed by atoms with Crippen LogP contribution < -0.4 is 45.7 Å². The van der Waals surface area contributed by atoms with Crippen LogP contribution in [0.4, 0.5) is 46.0 Å². The van der Waals surface area contributed by atoms with E-state index in [2.05, 4.69) is 38.3 Å². The highest BCUT2D eigenvalue weighted by atomic mass is 32.2. The average Bonchev–Trinajstić information content (AvgIpc) is 1.52. The summed E-state index contributed by atoms with van der Waals surface area (Å²) in [6.07, 6.45) is 7.11. The number of unbranched alkanes of at least 4 members (excludes halogenated alkanes) is 2. The minimum absolute atomic E-state index is 0.0337. The fourth-order valence-electron chi connectivity index (χ4n) is 20.1. The molecule has 0 radical (unpaired) electrons. The van der Waals surface area contributed by atoms with Crippen LogP contribution in [0.25, 0.3) is 33.4 Å². The Morgan fingerprint density at radius 2 is 1.25 bits per heavy atom. The van der Waals surface area contributed by atoms with Crippen molar-refractivity contribution in [3.8, 4) is 28.2 Å². The highest BCUT2D eigenvalue weighted by Gasteiger charge is 2.47. The molecule has 7 aliphatic rings. The summed E-state index contributed by atoms with van der Waals surface area (Å²) in [5.74, 6) is -24.8. The molecule has 4 amide bonds. The van der Waals surface area contributed by atoms with Crippen LogP contribution in [0.2, 0.25) is 0 Å². The summed E-state index contributed by atoms with van der Waals surface area (Å²) < 4.78 is 214. The lowest BCUT2D eigenvalue weighted by atomic mass is 9.81. The van der Waals surface area contributed by atoms with Gasteiger partial charge >= 0.3 is 11.9 Å². The van der Waals surface area contributed by atoms with Crippen molar-refractivity contribution in [2.24, 2.45) is 23.7 Å². The van der Waals surface area contributed by atoms with Crippen LogP contribution in [-0.4, -0.2) is 196 Å². The van der Waals surface area contributed by atoms with Gasteiger partial charge in [0.25, 0.3) is 30.4 Å². The van der Waals surface area contributed by atoms with Crippen molar-refractivity contribution in [1.82, 2.24) is 30.1 Å². The number of allylic oxidation sites excluding steroid dienone is 6. The van der Waals surface area contributed by atoms with Gasteiger partial charge in [0.15, 0.2) is 47.0 Å². The number of ketones is 3. The summed E-state index contributed by atoms with van der Waals surface area (Å²) in [4.78, 5) is 125. The highest BCUT2D eigenvalue weighted by Crippen LogP contribution is 2.51. The first kappa shape index (κ1) is 109. The van der Waals surface area contributed by atoms with Gasteiger partial charge in [-0.25, -0.2) is 17.2 Å². The van der Waals surface area contributed by atoms with E-state index in [-0.39, 0.29) is 64.9 Å². The first-order valence-corrected chi connectivity index (χ1v) is 54.1. The number of ether oxygens (including phenoxy) is 1. The van der Waals surface area contributed by atoms with E-state index < -0.39 is 219 Å². The van der Waals surface area contributed by atoms with Crippen molar-refractivity contribution in [2.75, 3.05) is 62.2 Å². The zero-order valence-electron chi connectivity index (χ0n) is 82.6. The molecule has 0 unspecified atom stereocenters. The van der Waals surface area contributed by atoms with E-state index in [4.69, 9.17) is 9.15 Å². The van der Waals surface area contributed by atoms with Gasteiger partial charge in [0, 0.05) is 168 Å². The number of amides is 4. The molecule has 4 atom stereocenters. The van der Waals surface area contributed by atoms with Crippen molar-refractivity contribution in [3.05, 3.63) is 232 Å². The molecule has 1 aliphatic carbocycles. The van der Waals surface area contributed by atoms with Gasteiger partial charge in [-0.05, 0) is 174 Å². The maximum atomic E-state index is 15.9. The number of rotatable bonds is 42. The van der Waals surface area contributed by atoms with Gasteiger partial charge in [0.05, 0.1) is 49.1 Å². The number of aryl methyl sites for hydroxylation is 1. The third kappa shape index (κ3) is 23.8. The number of nitrogens with one attached hydrogen (secondary N) is 4. The predicted molar refractivity (Wildman–Crippen MR) is 539 cm³/mol. The normalized spacial score (nSPS) is 16.8. The molecule has 33 nitrogen and oxygen atoms in total. The second-order valence-corrected chi connectivity index (χ2v) is 45.3. The number of nitrogens with zero attached hydrogens (tertiary/aromatic N) is 5. The molecular weight excluding hydrogens is 1990 g/mol. The number of hydrogen-bond acceptors (Lipinski definition) is 21. The number of Topliss-reactive ketones (excluding diaryl/α,β-unsaturated/α-hetero) is 3. The minimum atomic E-state index is -4.61. The van der Waals surface area contributed by atoms with E-state index in [0.717, 1.165) is 46.1 Å². The Hall–Kier alpha value is -13.3. The molecule has 41 heteroatoms. The molecule has 0 bridgehead atoms. The van der Waals surface area contributed by atoms with Crippen molar-refractivity contribution in [1.29, 1.82) is 0 Å². The van der Waals surface area contributed by atoms with Gasteiger partial charge in [0.2, 0.25) is 62.0 Å². The van der Waals surface area contributed by atoms with Crippen LogP contribution in [0.15, 0.2) is 194 Å². The first-order chi connectivity index (χ1) is 69.3. The largest absolute Gasteiger partial charge is 0.481 e. The number of sulfonamides is 1. The van der Waals surface area contributed by atoms with E-state index in [1.54, 1.807) is 56.3 Å². The molecule has 1 fully saturated rings. The third-order valence-electron chi connectivity index (χ3n) is 27.9. The number of benzene rings is 8. The average molecular weight is 2110 g/mol. The van der Waals surface area contributed by atoms with Crippen molar-refractivity contribution < 1.29 is 132 Å². The van der Waals surface area contributed by atoms with Gasteiger partial charge < -0.3 is 50.4 Å². The quantitative estimate of drug-likeness (QED) is 0.00251. The SMILES string of the molecule is CC[N+]1=C(/C=C/C=C/C=C2/N(CCCCCC(=O)N[C@H](C(=O)N[C@@H](CCC(=O)O)C(=O)N[C@H](C(=O)C[C@@H](CC(=O)O)C(=O)COc3c(F)c(F)c(C(=O)CCCNC(=O)C4CCN(S(=O)(=O)c5ccccc5-c5c6ccc(=[N+]7CCc8cc(S(=O)(=O)O)ccc87)cc-6oc6cc(N7CCc8cc(C)ccc87)ccc56)CC4)c(F)c3F)C(C)C)C(C)C)c3ccc(S(=O)(=O)O)cc3C2(C)C)C(C)(C)c2cc(S(=O)(=O)O)ccc21. The number of anilines is 3. The van der Waals surface area contributed by atoms with E-state index in [1.165, 1.54) is 66.2 Å². The third-order valence-corrected chi connectivity index (χ3v) is 32.4. The molecule has 1 saturated heterocycles. The maximum absolute atomic E-state index is 15.9. The van der Waals surface area contributed by atoms with Crippen LogP contribution in [0, 0.1) is 53.9 Å². The number of carboxylic acids is 2. The van der Waals surface area contributed by atoms with Crippen LogP contribution in [0.3, 0.4) is 0 Å². The summed E-state index contributed by atoms with van der Waals surface area (Å²) in [5, 5.41) is 31.2. The number of halogens is 4. The predicted octanol–water partition coefficient (Wildman–Crippen LogP) is 14.4. The highest BCUT2D eigenvalue weighted by molar-refractivity contribution is 7.89.